The average molecular weight is 276 g/mol. The van der Waals surface area contributed by atoms with Crippen LogP contribution in [0, 0.1) is 13.8 Å². The Morgan fingerprint density at radius 1 is 1.26 bits per heavy atom. The van der Waals surface area contributed by atoms with E-state index in [2.05, 4.69) is 42.5 Å². The highest BCUT2D eigenvalue weighted by atomic mass is 35.5. The number of nitrogens with one attached hydrogen (secondary N) is 1. The number of rotatable bonds is 4. The summed E-state index contributed by atoms with van der Waals surface area (Å²) in [6, 6.07) is 10.2. The lowest BCUT2D eigenvalue weighted by Gasteiger charge is -2.17. The van der Waals surface area contributed by atoms with Crippen LogP contribution in [0.1, 0.15) is 28.3 Å². The van der Waals surface area contributed by atoms with Crippen LogP contribution in [0.3, 0.4) is 0 Å². The first kappa shape index (κ1) is 14.0. The van der Waals surface area contributed by atoms with E-state index in [1.54, 1.807) is 12.3 Å². The molecule has 2 aromatic rings. The Morgan fingerprint density at radius 2 is 2.05 bits per heavy atom. The molecule has 0 spiro atoms. The topological polar surface area (TPSA) is 50.9 Å². The third-order valence-electron chi connectivity index (χ3n) is 3.28. The summed E-state index contributed by atoms with van der Waals surface area (Å²) in [4.78, 5) is 4.10. The minimum absolute atomic E-state index is 0.0327. The number of pyridine rings is 1. The summed E-state index contributed by atoms with van der Waals surface area (Å²) in [5, 5.41) is 0.492. The Kier molecular flexibility index (Phi) is 4.53. The van der Waals surface area contributed by atoms with Gasteiger partial charge in [-0.25, -0.2) is 4.98 Å². The van der Waals surface area contributed by atoms with Crippen molar-refractivity contribution < 1.29 is 0 Å². The Labute approximate surface area is 118 Å². The van der Waals surface area contributed by atoms with Crippen molar-refractivity contribution in [3.63, 3.8) is 0 Å². The van der Waals surface area contributed by atoms with Gasteiger partial charge < -0.3 is 0 Å². The van der Waals surface area contributed by atoms with Crippen molar-refractivity contribution in [3.8, 4) is 0 Å². The standard InChI is InChI=1S/C15H18ClN3/c1-10-3-4-11(2)13(7-10)8-14(19-17)12-5-6-15(16)18-9-12/h3-7,9,14,19H,8,17H2,1-2H3. The van der Waals surface area contributed by atoms with Gasteiger partial charge in [-0.2, -0.15) is 0 Å². The van der Waals surface area contributed by atoms with Gasteiger partial charge in [0.15, 0.2) is 0 Å². The normalized spacial score (nSPS) is 12.4. The van der Waals surface area contributed by atoms with Gasteiger partial charge in [0.25, 0.3) is 0 Å². The van der Waals surface area contributed by atoms with Crippen molar-refractivity contribution in [3.05, 3.63) is 63.9 Å². The maximum atomic E-state index is 5.80. The summed E-state index contributed by atoms with van der Waals surface area (Å²) >= 11 is 5.80. The highest BCUT2D eigenvalue weighted by molar-refractivity contribution is 6.29. The lowest BCUT2D eigenvalue weighted by Crippen LogP contribution is -2.29. The van der Waals surface area contributed by atoms with Gasteiger partial charge in [0, 0.05) is 6.20 Å². The van der Waals surface area contributed by atoms with Crippen molar-refractivity contribution in [2.75, 3.05) is 0 Å². The second-order valence-electron chi connectivity index (χ2n) is 4.77. The Balaban J connectivity index is 2.23. The molecule has 2 rings (SSSR count). The van der Waals surface area contributed by atoms with E-state index in [-0.39, 0.29) is 6.04 Å². The molecule has 1 heterocycles. The molecule has 1 aromatic carbocycles. The van der Waals surface area contributed by atoms with Crippen LogP contribution in [0.25, 0.3) is 0 Å². The molecule has 0 aliphatic heterocycles. The SMILES string of the molecule is Cc1ccc(C)c(CC(NN)c2ccc(Cl)nc2)c1. The van der Waals surface area contributed by atoms with Crippen LogP contribution < -0.4 is 11.3 Å². The third-order valence-corrected chi connectivity index (χ3v) is 3.51. The predicted molar refractivity (Wildman–Crippen MR) is 78.9 cm³/mol. The molecule has 3 N–H and O–H groups in total. The molecule has 0 bridgehead atoms. The smallest absolute Gasteiger partial charge is 0.129 e. The quantitative estimate of drug-likeness (QED) is 0.512. The summed E-state index contributed by atoms with van der Waals surface area (Å²) < 4.78 is 0. The minimum Gasteiger partial charge on any atom is -0.271 e. The summed E-state index contributed by atoms with van der Waals surface area (Å²) in [5.74, 6) is 5.67. The monoisotopic (exact) mass is 275 g/mol. The number of nitrogens with zero attached hydrogens (tertiary/aromatic N) is 1. The number of benzene rings is 1. The van der Waals surface area contributed by atoms with E-state index in [1.165, 1.54) is 16.7 Å². The number of hydrazine groups is 1. The molecule has 4 heteroatoms. The fourth-order valence-electron chi connectivity index (χ4n) is 2.11. The minimum atomic E-state index is 0.0327. The molecule has 0 saturated heterocycles. The van der Waals surface area contributed by atoms with E-state index in [9.17, 15) is 0 Å². The summed E-state index contributed by atoms with van der Waals surface area (Å²) in [6.45, 7) is 4.21. The van der Waals surface area contributed by atoms with E-state index >= 15 is 0 Å². The van der Waals surface area contributed by atoms with E-state index in [1.807, 2.05) is 6.07 Å². The molecular formula is C15H18ClN3. The zero-order chi connectivity index (χ0) is 13.8. The van der Waals surface area contributed by atoms with Gasteiger partial charge in [0.1, 0.15) is 5.15 Å². The Hall–Kier alpha value is -1.42. The molecular weight excluding hydrogens is 258 g/mol. The lowest BCUT2D eigenvalue weighted by atomic mass is 9.96. The Morgan fingerprint density at radius 3 is 2.68 bits per heavy atom. The number of hydrogen-bond donors (Lipinski definition) is 2. The fraction of sp³-hybridized carbons (Fsp3) is 0.267. The van der Waals surface area contributed by atoms with Crippen molar-refractivity contribution in [1.82, 2.24) is 10.4 Å². The average Bonchev–Trinajstić information content (AvgIpc) is 2.41. The van der Waals surface area contributed by atoms with Crippen LogP contribution in [0.15, 0.2) is 36.5 Å². The molecule has 3 nitrogen and oxygen atoms in total. The highest BCUT2D eigenvalue weighted by Gasteiger charge is 2.12. The van der Waals surface area contributed by atoms with Gasteiger partial charge in [-0.3, -0.25) is 11.3 Å². The van der Waals surface area contributed by atoms with Crippen LogP contribution in [-0.4, -0.2) is 4.98 Å². The zero-order valence-corrected chi connectivity index (χ0v) is 11.9. The van der Waals surface area contributed by atoms with Crippen LogP contribution >= 0.6 is 11.6 Å². The molecule has 0 aliphatic carbocycles. The molecule has 100 valence electrons. The predicted octanol–water partition coefficient (Wildman–Crippen LogP) is 3.10. The number of aryl methyl sites for hydroxylation is 2. The van der Waals surface area contributed by atoms with Gasteiger partial charge in [-0.15, -0.1) is 0 Å². The van der Waals surface area contributed by atoms with Gasteiger partial charge in [-0.05, 0) is 43.0 Å². The first-order valence-corrected chi connectivity index (χ1v) is 6.61. The summed E-state index contributed by atoms with van der Waals surface area (Å²) in [7, 11) is 0. The number of nitrogens with two attached hydrogens (primary N) is 1. The number of hydrogen-bond acceptors (Lipinski definition) is 3. The molecule has 1 unspecified atom stereocenters. The van der Waals surface area contributed by atoms with Crippen molar-refractivity contribution in [1.29, 1.82) is 0 Å². The Bertz CT molecular complexity index is 552. The molecule has 1 atom stereocenters. The first-order valence-electron chi connectivity index (χ1n) is 6.24. The molecule has 0 fully saturated rings. The molecule has 0 radical (unpaired) electrons. The number of halogens is 1. The van der Waals surface area contributed by atoms with E-state index in [0.717, 1.165) is 12.0 Å². The lowest BCUT2D eigenvalue weighted by molar-refractivity contribution is 0.549. The van der Waals surface area contributed by atoms with Gasteiger partial charge in [-0.1, -0.05) is 41.4 Å². The van der Waals surface area contributed by atoms with Gasteiger partial charge in [0.2, 0.25) is 0 Å². The molecule has 0 saturated carbocycles. The van der Waals surface area contributed by atoms with Crippen molar-refractivity contribution >= 4 is 11.6 Å². The van der Waals surface area contributed by atoms with Gasteiger partial charge >= 0.3 is 0 Å². The van der Waals surface area contributed by atoms with E-state index in [4.69, 9.17) is 17.4 Å². The van der Waals surface area contributed by atoms with Crippen molar-refractivity contribution in [2.24, 2.45) is 5.84 Å². The largest absolute Gasteiger partial charge is 0.271 e. The molecule has 1 aromatic heterocycles. The van der Waals surface area contributed by atoms with Crippen LogP contribution in [-0.2, 0) is 6.42 Å². The molecule has 0 amide bonds. The van der Waals surface area contributed by atoms with Gasteiger partial charge in [0.05, 0.1) is 6.04 Å². The molecule has 19 heavy (non-hydrogen) atoms. The van der Waals surface area contributed by atoms with Crippen LogP contribution in [0.4, 0.5) is 0 Å². The van der Waals surface area contributed by atoms with Crippen LogP contribution in [0.2, 0.25) is 5.15 Å². The van der Waals surface area contributed by atoms with Crippen LogP contribution in [0.5, 0.6) is 0 Å². The maximum absolute atomic E-state index is 5.80. The second kappa shape index (κ2) is 6.15. The first-order chi connectivity index (χ1) is 9.10. The fourth-order valence-corrected chi connectivity index (χ4v) is 2.22. The second-order valence-corrected chi connectivity index (χ2v) is 5.15. The zero-order valence-electron chi connectivity index (χ0n) is 11.2. The van der Waals surface area contributed by atoms with E-state index in [0.29, 0.717) is 5.15 Å². The summed E-state index contributed by atoms with van der Waals surface area (Å²) in [5.41, 5.74) is 7.70. The van der Waals surface area contributed by atoms with E-state index < -0.39 is 0 Å². The highest BCUT2D eigenvalue weighted by Crippen LogP contribution is 2.21. The maximum Gasteiger partial charge on any atom is 0.129 e. The summed E-state index contributed by atoms with van der Waals surface area (Å²) in [6.07, 6.45) is 2.59. The third kappa shape index (κ3) is 3.53. The van der Waals surface area contributed by atoms with Crippen molar-refractivity contribution in [2.45, 2.75) is 26.3 Å². The number of aromatic nitrogens is 1. The molecule has 0 aliphatic rings.